The molecule has 1 amide bonds. The van der Waals surface area contributed by atoms with E-state index < -0.39 is 5.91 Å². The summed E-state index contributed by atoms with van der Waals surface area (Å²) in [4.78, 5) is 16.0. The summed E-state index contributed by atoms with van der Waals surface area (Å²) in [6, 6.07) is 16.3. The normalized spacial score (nSPS) is 10.3. The standard InChI is InChI=1S/C16H11ClN2O2/c17-12-6-8-13(9-7-12)19-15(20)16-18-10-14(21-16)11-4-2-1-3-5-11/h1-10H,(H,19,20). The van der Waals surface area contributed by atoms with Crippen molar-refractivity contribution in [2.45, 2.75) is 0 Å². The molecule has 0 aliphatic heterocycles. The van der Waals surface area contributed by atoms with Crippen molar-refractivity contribution in [3.63, 3.8) is 0 Å². The van der Waals surface area contributed by atoms with Crippen molar-refractivity contribution in [2.24, 2.45) is 0 Å². The highest BCUT2D eigenvalue weighted by atomic mass is 35.5. The van der Waals surface area contributed by atoms with Crippen molar-refractivity contribution in [3.05, 3.63) is 71.7 Å². The molecular formula is C16H11ClN2O2. The molecule has 0 atom stereocenters. The lowest BCUT2D eigenvalue weighted by molar-refractivity contribution is 0.0991. The second-order valence-corrected chi connectivity index (χ2v) is 4.79. The topological polar surface area (TPSA) is 55.1 Å². The first-order chi connectivity index (χ1) is 10.2. The van der Waals surface area contributed by atoms with Crippen LogP contribution in [0.3, 0.4) is 0 Å². The number of hydrogen-bond acceptors (Lipinski definition) is 3. The third-order valence-corrected chi connectivity index (χ3v) is 3.11. The third kappa shape index (κ3) is 3.12. The molecule has 1 aromatic heterocycles. The summed E-state index contributed by atoms with van der Waals surface area (Å²) in [6.45, 7) is 0. The van der Waals surface area contributed by atoms with Gasteiger partial charge in [0.15, 0.2) is 5.76 Å². The first-order valence-electron chi connectivity index (χ1n) is 6.30. The van der Waals surface area contributed by atoms with Crippen LogP contribution in [0.15, 0.2) is 65.2 Å². The summed E-state index contributed by atoms with van der Waals surface area (Å²) < 4.78 is 5.48. The fourth-order valence-electron chi connectivity index (χ4n) is 1.83. The Bertz CT molecular complexity index is 751. The molecule has 0 bridgehead atoms. The summed E-state index contributed by atoms with van der Waals surface area (Å²) in [7, 11) is 0. The minimum Gasteiger partial charge on any atom is -0.432 e. The summed E-state index contributed by atoms with van der Waals surface area (Å²) in [5.74, 6) is 0.167. The van der Waals surface area contributed by atoms with Gasteiger partial charge < -0.3 is 9.73 Å². The quantitative estimate of drug-likeness (QED) is 0.786. The molecule has 0 aliphatic carbocycles. The van der Waals surface area contributed by atoms with E-state index in [0.717, 1.165) is 5.56 Å². The lowest BCUT2D eigenvalue weighted by atomic mass is 10.2. The van der Waals surface area contributed by atoms with Gasteiger partial charge in [-0.1, -0.05) is 41.9 Å². The second kappa shape index (κ2) is 5.81. The number of benzene rings is 2. The first-order valence-corrected chi connectivity index (χ1v) is 6.68. The SMILES string of the molecule is O=C(Nc1ccc(Cl)cc1)c1ncc(-c2ccccc2)o1. The Morgan fingerprint density at radius 1 is 1.05 bits per heavy atom. The van der Waals surface area contributed by atoms with Crippen molar-refractivity contribution in [3.8, 4) is 11.3 Å². The van der Waals surface area contributed by atoms with Gasteiger partial charge in [-0.05, 0) is 24.3 Å². The predicted octanol–water partition coefficient (Wildman–Crippen LogP) is 4.25. The van der Waals surface area contributed by atoms with E-state index >= 15 is 0 Å². The molecular weight excluding hydrogens is 288 g/mol. The number of anilines is 1. The van der Waals surface area contributed by atoms with Crippen LogP contribution in [-0.2, 0) is 0 Å². The van der Waals surface area contributed by atoms with Crippen molar-refractivity contribution in [2.75, 3.05) is 5.32 Å². The number of oxazole rings is 1. The Morgan fingerprint density at radius 2 is 1.76 bits per heavy atom. The molecule has 0 saturated carbocycles. The minimum absolute atomic E-state index is 0.0174. The van der Waals surface area contributed by atoms with Gasteiger partial charge in [-0.15, -0.1) is 0 Å². The van der Waals surface area contributed by atoms with E-state index in [2.05, 4.69) is 10.3 Å². The molecule has 3 rings (SSSR count). The summed E-state index contributed by atoms with van der Waals surface area (Å²) in [6.07, 6.45) is 1.53. The van der Waals surface area contributed by atoms with Crippen LogP contribution >= 0.6 is 11.6 Å². The maximum atomic E-state index is 12.0. The van der Waals surface area contributed by atoms with Gasteiger partial charge in [0, 0.05) is 16.3 Å². The molecule has 0 radical (unpaired) electrons. The number of amides is 1. The molecule has 0 aliphatic rings. The van der Waals surface area contributed by atoms with Gasteiger partial charge in [0.1, 0.15) is 0 Å². The number of carbonyl (C=O) groups excluding carboxylic acids is 1. The van der Waals surface area contributed by atoms with Crippen LogP contribution in [-0.4, -0.2) is 10.9 Å². The Balaban J connectivity index is 1.77. The third-order valence-electron chi connectivity index (χ3n) is 2.86. The highest BCUT2D eigenvalue weighted by molar-refractivity contribution is 6.30. The van der Waals surface area contributed by atoms with Crippen LogP contribution in [0.4, 0.5) is 5.69 Å². The number of carbonyl (C=O) groups is 1. The Labute approximate surface area is 126 Å². The van der Waals surface area contributed by atoms with E-state index in [4.69, 9.17) is 16.0 Å². The zero-order valence-electron chi connectivity index (χ0n) is 10.9. The van der Waals surface area contributed by atoms with Crippen molar-refractivity contribution < 1.29 is 9.21 Å². The van der Waals surface area contributed by atoms with Crippen LogP contribution in [0, 0.1) is 0 Å². The van der Waals surface area contributed by atoms with E-state index in [1.165, 1.54) is 6.20 Å². The van der Waals surface area contributed by atoms with E-state index in [-0.39, 0.29) is 5.89 Å². The van der Waals surface area contributed by atoms with Gasteiger partial charge in [-0.25, -0.2) is 4.98 Å². The van der Waals surface area contributed by atoms with Gasteiger partial charge in [0.25, 0.3) is 5.89 Å². The Morgan fingerprint density at radius 3 is 2.48 bits per heavy atom. The minimum atomic E-state index is -0.403. The van der Waals surface area contributed by atoms with Crippen LogP contribution < -0.4 is 5.32 Å². The number of rotatable bonds is 3. The number of nitrogens with zero attached hydrogens (tertiary/aromatic N) is 1. The van der Waals surface area contributed by atoms with E-state index in [1.54, 1.807) is 24.3 Å². The van der Waals surface area contributed by atoms with Gasteiger partial charge in [0.05, 0.1) is 6.20 Å². The second-order valence-electron chi connectivity index (χ2n) is 4.36. The average Bonchev–Trinajstić information content (AvgIpc) is 3.00. The summed E-state index contributed by atoms with van der Waals surface area (Å²) in [5, 5.41) is 3.30. The fourth-order valence-corrected chi connectivity index (χ4v) is 1.96. The summed E-state index contributed by atoms with van der Waals surface area (Å²) in [5.41, 5.74) is 1.50. The van der Waals surface area contributed by atoms with Gasteiger partial charge in [-0.2, -0.15) is 0 Å². The number of hydrogen-bond donors (Lipinski definition) is 1. The maximum Gasteiger partial charge on any atom is 0.311 e. The summed E-state index contributed by atoms with van der Waals surface area (Å²) >= 11 is 5.79. The number of nitrogens with one attached hydrogen (secondary N) is 1. The zero-order valence-corrected chi connectivity index (χ0v) is 11.7. The highest BCUT2D eigenvalue weighted by Gasteiger charge is 2.14. The van der Waals surface area contributed by atoms with Crippen LogP contribution in [0.5, 0.6) is 0 Å². The van der Waals surface area contributed by atoms with E-state index in [1.807, 2.05) is 30.3 Å². The lowest BCUT2D eigenvalue weighted by Crippen LogP contribution is -2.11. The molecule has 104 valence electrons. The molecule has 1 N–H and O–H groups in total. The van der Waals surface area contributed by atoms with Crippen LogP contribution in [0.2, 0.25) is 5.02 Å². The first kappa shape index (κ1) is 13.4. The van der Waals surface area contributed by atoms with Gasteiger partial charge >= 0.3 is 5.91 Å². The van der Waals surface area contributed by atoms with Crippen molar-refractivity contribution in [1.29, 1.82) is 0 Å². The molecule has 0 saturated heterocycles. The maximum absolute atomic E-state index is 12.0. The molecule has 0 unspecified atom stereocenters. The van der Waals surface area contributed by atoms with Crippen LogP contribution in [0.1, 0.15) is 10.7 Å². The van der Waals surface area contributed by atoms with Crippen molar-refractivity contribution in [1.82, 2.24) is 4.98 Å². The fraction of sp³-hybridized carbons (Fsp3) is 0. The van der Waals surface area contributed by atoms with Crippen LogP contribution in [0.25, 0.3) is 11.3 Å². The average molecular weight is 299 g/mol. The number of halogens is 1. The van der Waals surface area contributed by atoms with Gasteiger partial charge in [-0.3, -0.25) is 4.79 Å². The Hall–Kier alpha value is -2.59. The molecule has 0 fully saturated rings. The predicted molar refractivity (Wildman–Crippen MR) is 81.3 cm³/mol. The highest BCUT2D eigenvalue weighted by Crippen LogP contribution is 2.20. The van der Waals surface area contributed by atoms with E-state index in [9.17, 15) is 4.79 Å². The molecule has 5 heteroatoms. The zero-order chi connectivity index (χ0) is 14.7. The molecule has 3 aromatic rings. The molecule has 21 heavy (non-hydrogen) atoms. The largest absolute Gasteiger partial charge is 0.432 e. The van der Waals surface area contributed by atoms with Crippen molar-refractivity contribution >= 4 is 23.2 Å². The van der Waals surface area contributed by atoms with E-state index in [0.29, 0.717) is 16.5 Å². The monoisotopic (exact) mass is 298 g/mol. The molecule has 4 nitrogen and oxygen atoms in total. The Kier molecular flexibility index (Phi) is 3.71. The molecule has 0 spiro atoms. The smallest absolute Gasteiger partial charge is 0.311 e. The lowest BCUT2D eigenvalue weighted by Gasteiger charge is -2.02. The molecule has 2 aromatic carbocycles. The molecule has 1 heterocycles. The van der Waals surface area contributed by atoms with Gasteiger partial charge in [0.2, 0.25) is 0 Å². The number of aromatic nitrogens is 1.